The molecule has 0 aliphatic carbocycles. The number of nitrogens with zero attached hydrogens (tertiary/aromatic N) is 1. The van der Waals surface area contributed by atoms with Crippen LogP contribution >= 0.6 is 0 Å². The second-order valence-electron chi connectivity index (χ2n) is 5.18. The first-order valence-electron chi connectivity index (χ1n) is 6.18. The molecule has 0 atom stereocenters. The summed E-state index contributed by atoms with van der Waals surface area (Å²) in [6, 6.07) is 0. The first-order valence-corrected chi connectivity index (χ1v) is 7.66. The van der Waals surface area contributed by atoms with Crippen LogP contribution < -0.4 is 4.72 Å². The number of hydrogen-bond donors (Lipinski definition) is 1. The fourth-order valence-electron chi connectivity index (χ4n) is 1.44. The third kappa shape index (κ3) is 3.47. The lowest BCUT2D eigenvalue weighted by Gasteiger charge is -2.42. The van der Waals surface area contributed by atoms with Crippen molar-refractivity contribution in [3.05, 3.63) is 0 Å². The zero-order chi connectivity index (χ0) is 25.9. The van der Waals surface area contributed by atoms with Crippen LogP contribution in [0.25, 0.3) is 0 Å². The van der Waals surface area contributed by atoms with Crippen LogP contribution in [-0.2, 0) is 10.0 Å². The van der Waals surface area contributed by atoms with E-state index >= 15 is 0 Å². The van der Waals surface area contributed by atoms with Crippen molar-refractivity contribution in [2.45, 2.75) is 47.0 Å². The molecule has 0 saturated heterocycles. The third-order valence-electron chi connectivity index (χ3n) is 3.21. The summed E-state index contributed by atoms with van der Waals surface area (Å²) in [7, 11) is -7.51. The largest absolute Gasteiger partial charge is 0.460 e. The quantitative estimate of drug-likeness (QED) is 0.292. The number of nitriles is 1. The first kappa shape index (κ1) is 29.0. The molecule has 0 amide bonds. The van der Waals surface area contributed by atoms with Crippen LogP contribution in [0.4, 0.5) is 74.6 Å². The topological polar surface area (TPSA) is 70.0 Å². The summed E-state index contributed by atoms with van der Waals surface area (Å²) in [5.41, 5.74) is 0. The molecule has 0 saturated carbocycles. The number of rotatable bonds is 8. The van der Waals surface area contributed by atoms with E-state index in [1.54, 1.807) is 0 Å². The molecule has 0 heterocycles. The van der Waals surface area contributed by atoms with Gasteiger partial charge in [0.15, 0.2) is 6.19 Å². The van der Waals surface area contributed by atoms with Crippen molar-refractivity contribution in [2.75, 3.05) is 0 Å². The van der Waals surface area contributed by atoms with Crippen molar-refractivity contribution in [1.29, 1.82) is 5.26 Å². The van der Waals surface area contributed by atoms with Gasteiger partial charge in [-0.3, -0.25) is 0 Å². The number of sulfonamides is 1. The van der Waals surface area contributed by atoms with Crippen LogP contribution in [-0.4, -0.2) is 55.4 Å². The minimum Gasteiger partial charge on any atom is -0.214 e. The Labute approximate surface area is 157 Å². The Morgan fingerprint density at radius 2 is 0.774 bits per heavy atom. The molecule has 0 aliphatic rings. The number of alkyl halides is 17. The van der Waals surface area contributed by atoms with Gasteiger partial charge >= 0.3 is 57.0 Å². The summed E-state index contributed by atoms with van der Waals surface area (Å²) in [6.07, 6.45) is -8.00. The Morgan fingerprint density at radius 1 is 0.516 bits per heavy atom. The number of nitrogens with one attached hydrogen (secondary N) is 1. The predicted molar refractivity (Wildman–Crippen MR) is 58.4 cm³/mol. The van der Waals surface area contributed by atoms with Gasteiger partial charge in [-0.25, -0.2) is 4.72 Å². The minimum atomic E-state index is -8.90. The molecule has 31 heavy (non-hydrogen) atoms. The lowest BCUT2D eigenvalue weighted by Crippen LogP contribution is -2.75. The van der Waals surface area contributed by atoms with Crippen molar-refractivity contribution in [3.63, 3.8) is 0 Å². The van der Waals surface area contributed by atoms with Crippen molar-refractivity contribution in [3.8, 4) is 6.19 Å². The minimum absolute atomic E-state index is 0.109. The molecule has 0 aromatic carbocycles. The van der Waals surface area contributed by atoms with Crippen LogP contribution in [0.1, 0.15) is 0 Å². The van der Waals surface area contributed by atoms with Crippen molar-refractivity contribution in [2.24, 2.45) is 0 Å². The summed E-state index contributed by atoms with van der Waals surface area (Å²) in [5.74, 6) is -51.9. The average Bonchev–Trinajstić information content (AvgIpc) is 2.52. The Kier molecular flexibility index (Phi) is 6.58. The average molecular weight is 524 g/mol. The van der Waals surface area contributed by atoms with Gasteiger partial charge in [-0.05, 0) is 0 Å². The molecule has 184 valence electrons. The highest BCUT2D eigenvalue weighted by Gasteiger charge is 2.96. The summed E-state index contributed by atoms with van der Waals surface area (Å²) in [4.78, 5) is 0. The monoisotopic (exact) mass is 524 g/mol. The van der Waals surface area contributed by atoms with Gasteiger partial charge in [-0.2, -0.15) is 88.3 Å². The van der Waals surface area contributed by atoms with Crippen LogP contribution in [0.15, 0.2) is 0 Å². The Bertz CT molecular complexity index is 837. The van der Waals surface area contributed by atoms with E-state index in [4.69, 9.17) is 5.26 Å². The molecule has 22 heteroatoms. The normalized spacial score (nSPS) is 16.1. The molecule has 0 fully saturated rings. The number of halogens is 17. The summed E-state index contributed by atoms with van der Waals surface area (Å²) < 4.78 is 239. The van der Waals surface area contributed by atoms with Crippen LogP contribution in [0.2, 0.25) is 0 Å². The van der Waals surface area contributed by atoms with E-state index in [1.165, 1.54) is 0 Å². The highest BCUT2D eigenvalue weighted by Crippen LogP contribution is 2.64. The third-order valence-corrected chi connectivity index (χ3v) is 4.50. The van der Waals surface area contributed by atoms with E-state index in [1.807, 2.05) is 0 Å². The smallest absolute Gasteiger partial charge is 0.214 e. The molecule has 0 spiro atoms. The van der Waals surface area contributed by atoms with Crippen LogP contribution in [0.3, 0.4) is 0 Å². The van der Waals surface area contributed by atoms with Gasteiger partial charge in [0.05, 0.1) is 0 Å². The van der Waals surface area contributed by atoms with Gasteiger partial charge < -0.3 is 0 Å². The highest BCUT2D eigenvalue weighted by atomic mass is 32.2. The van der Waals surface area contributed by atoms with Crippen molar-refractivity contribution >= 4 is 10.0 Å². The molecule has 0 aromatic heterocycles. The molecule has 0 aromatic rings. The van der Waals surface area contributed by atoms with E-state index < -0.39 is 57.0 Å². The molecule has 1 N–H and O–H groups in total. The van der Waals surface area contributed by atoms with Crippen LogP contribution in [0.5, 0.6) is 0 Å². The van der Waals surface area contributed by atoms with Crippen LogP contribution in [0, 0.1) is 11.5 Å². The Balaban J connectivity index is 6.95. The van der Waals surface area contributed by atoms with Gasteiger partial charge in [-0.1, -0.05) is 0 Å². The van der Waals surface area contributed by atoms with Crippen molar-refractivity contribution in [1.82, 2.24) is 4.72 Å². The van der Waals surface area contributed by atoms with E-state index in [0.717, 1.165) is 0 Å². The lowest BCUT2D eigenvalue weighted by atomic mass is 9.91. The fourth-order valence-corrected chi connectivity index (χ4v) is 2.16. The lowest BCUT2D eigenvalue weighted by molar-refractivity contribution is -0.458. The van der Waals surface area contributed by atoms with Crippen molar-refractivity contribution < 1.29 is 83.1 Å². The van der Waals surface area contributed by atoms with Gasteiger partial charge in [0.2, 0.25) is 0 Å². The van der Waals surface area contributed by atoms with Gasteiger partial charge in [-0.15, -0.1) is 0 Å². The molecule has 0 rings (SSSR count). The van der Waals surface area contributed by atoms with E-state index in [2.05, 4.69) is 0 Å². The first-order chi connectivity index (χ1) is 13.1. The number of hydrogen-bond acceptors (Lipinski definition) is 3. The maximum absolute atomic E-state index is 13.3. The summed E-state index contributed by atoms with van der Waals surface area (Å²) in [6.45, 7) is 0. The van der Waals surface area contributed by atoms with E-state index in [-0.39, 0.29) is 10.9 Å². The molecule has 4 nitrogen and oxygen atoms in total. The molecule has 0 unspecified atom stereocenters. The van der Waals surface area contributed by atoms with E-state index in [9.17, 15) is 83.1 Å². The fraction of sp³-hybridized carbons (Fsp3) is 0.889. The zero-order valence-corrected chi connectivity index (χ0v) is 13.9. The molecule has 0 bridgehead atoms. The predicted octanol–water partition coefficient (Wildman–Crippen LogP) is 4.35. The standard InChI is InChI=1S/C9HF17N2O2S/c10-2(11,4(14,15)6(18,19)8(22,23)24)3(12,13)5(16,17)7(20,21)9(25,26)31(29,30)28-1-27/h28H. The Hall–Kier alpha value is -1.95. The second-order valence-corrected chi connectivity index (χ2v) is 6.90. The van der Waals surface area contributed by atoms with E-state index in [0.29, 0.717) is 0 Å². The summed E-state index contributed by atoms with van der Waals surface area (Å²) in [5, 5.41) is 0.0105. The van der Waals surface area contributed by atoms with Gasteiger partial charge in [0.25, 0.3) is 0 Å². The summed E-state index contributed by atoms with van der Waals surface area (Å²) >= 11 is 0. The maximum Gasteiger partial charge on any atom is 0.460 e. The van der Waals surface area contributed by atoms with Gasteiger partial charge in [0, 0.05) is 0 Å². The molecular formula is C9HF17N2O2S. The van der Waals surface area contributed by atoms with Gasteiger partial charge in [0.1, 0.15) is 0 Å². The maximum atomic E-state index is 13.3. The second kappa shape index (κ2) is 7.03. The SMILES string of the molecule is N#CNS(=O)(=O)C(F)(F)C(F)(F)C(F)(F)C(F)(F)C(F)(F)C(F)(F)C(F)(F)C(F)(F)F. The molecular weight excluding hydrogens is 523 g/mol. The zero-order valence-electron chi connectivity index (χ0n) is 13.1. The molecule has 0 aliphatic heterocycles. The molecule has 0 radical (unpaired) electrons. The Morgan fingerprint density at radius 3 is 1.03 bits per heavy atom. The highest BCUT2D eigenvalue weighted by molar-refractivity contribution is 7.90.